The average Bonchev–Trinajstić information content (AvgIpc) is 2.25. The van der Waals surface area contributed by atoms with E-state index in [0.717, 1.165) is 0 Å². The molecule has 0 saturated carbocycles. The number of ether oxygens (including phenoxy) is 1. The Morgan fingerprint density at radius 1 is 1.35 bits per heavy atom. The van der Waals surface area contributed by atoms with E-state index in [4.69, 9.17) is 9.84 Å². The van der Waals surface area contributed by atoms with Gasteiger partial charge >= 0.3 is 5.97 Å². The lowest BCUT2D eigenvalue weighted by atomic mass is 9.96. The minimum Gasteiger partial charge on any atom is -0.481 e. The van der Waals surface area contributed by atoms with Gasteiger partial charge in [-0.15, -0.1) is 0 Å². The first kappa shape index (κ1) is 13.6. The molecule has 0 radical (unpaired) electrons. The van der Waals surface area contributed by atoms with Gasteiger partial charge in [0.15, 0.2) is 0 Å². The summed E-state index contributed by atoms with van der Waals surface area (Å²) in [6.07, 6.45) is 0.469. The third-order valence-electron chi connectivity index (χ3n) is 2.43. The lowest BCUT2D eigenvalue weighted by molar-refractivity contribution is -0.139. The van der Waals surface area contributed by atoms with Gasteiger partial charge < -0.3 is 9.84 Å². The summed E-state index contributed by atoms with van der Waals surface area (Å²) in [5.41, 5.74) is 0.603. The first-order valence-corrected chi connectivity index (χ1v) is 5.60. The average molecular weight is 240 g/mol. The molecule has 0 aromatic heterocycles. The normalized spacial score (nSPS) is 12.7. The molecule has 0 bridgehead atoms. The van der Waals surface area contributed by atoms with Gasteiger partial charge in [0.25, 0.3) is 0 Å². The maximum absolute atomic E-state index is 12.7. The number of hydrogen-bond donors (Lipinski definition) is 1. The van der Waals surface area contributed by atoms with Crippen LogP contribution in [-0.2, 0) is 9.53 Å². The molecule has 0 aliphatic heterocycles. The Kier molecular flexibility index (Phi) is 5.10. The van der Waals surface area contributed by atoms with Crippen molar-refractivity contribution in [1.29, 1.82) is 0 Å². The van der Waals surface area contributed by atoms with Crippen LogP contribution in [0.15, 0.2) is 24.3 Å². The Hall–Kier alpha value is -1.42. The van der Waals surface area contributed by atoms with Crippen molar-refractivity contribution in [3.63, 3.8) is 0 Å². The van der Waals surface area contributed by atoms with Gasteiger partial charge in [0, 0.05) is 6.61 Å². The molecule has 0 aliphatic rings. The quantitative estimate of drug-likeness (QED) is 0.831. The van der Waals surface area contributed by atoms with E-state index in [1.807, 2.05) is 13.8 Å². The SMILES string of the molecule is CC(C)OCCC(C(=O)O)c1ccc(F)cc1. The molecule has 1 rings (SSSR count). The van der Waals surface area contributed by atoms with Crippen molar-refractivity contribution in [3.05, 3.63) is 35.6 Å². The standard InChI is InChI=1S/C13H17FO3/c1-9(2)17-8-7-12(13(15)16)10-3-5-11(14)6-4-10/h3-6,9,12H,7-8H2,1-2H3,(H,15,16). The van der Waals surface area contributed by atoms with Crippen LogP contribution in [0.2, 0.25) is 0 Å². The van der Waals surface area contributed by atoms with Crippen molar-refractivity contribution in [2.24, 2.45) is 0 Å². The van der Waals surface area contributed by atoms with Gasteiger partial charge in [0.1, 0.15) is 5.82 Å². The molecule has 0 heterocycles. The lowest BCUT2D eigenvalue weighted by Crippen LogP contribution is -2.15. The number of benzene rings is 1. The fraction of sp³-hybridized carbons (Fsp3) is 0.462. The zero-order chi connectivity index (χ0) is 12.8. The van der Waals surface area contributed by atoms with E-state index in [-0.39, 0.29) is 11.9 Å². The second kappa shape index (κ2) is 6.35. The zero-order valence-corrected chi connectivity index (χ0v) is 10.0. The summed E-state index contributed by atoms with van der Waals surface area (Å²) < 4.78 is 18.1. The van der Waals surface area contributed by atoms with Crippen molar-refractivity contribution in [1.82, 2.24) is 0 Å². The molecular formula is C13H17FO3. The van der Waals surface area contributed by atoms with Gasteiger partial charge in [-0.25, -0.2) is 4.39 Å². The minimum absolute atomic E-state index is 0.0812. The molecule has 0 fully saturated rings. The van der Waals surface area contributed by atoms with Crippen LogP contribution >= 0.6 is 0 Å². The summed E-state index contributed by atoms with van der Waals surface area (Å²) in [5, 5.41) is 9.11. The largest absolute Gasteiger partial charge is 0.481 e. The molecule has 1 unspecified atom stereocenters. The van der Waals surface area contributed by atoms with Crippen molar-refractivity contribution in [3.8, 4) is 0 Å². The van der Waals surface area contributed by atoms with Crippen LogP contribution in [0.3, 0.4) is 0 Å². The van der Waals surface area contributed by atoms with E-state index in [9.17, 15) is 9.18 Å². The molecular weight excluding hydrogens is 223 g/mol. The minimum atomic E-state index is -0.913. The second-order valence-corrected chi connectivity index (χ2v) is 4.15. The number of aliphatic carboxylic acids is 1. The van der Waals surface area contributed by atoms with Crippen molar-refractivity contribution in [2.45, 2.75) is 32.3 Å². The molecule has 0 aliphatic carbocycles. The first-order chi connectivity index (χ1) is 8.00. The molecule has 0 spiro atoms. The van der Waals surface area contributed by atoms with Gasteiger partial charge in [0.2, 0.25) is 0 Å². The molecule has 1 aromatic rings. The second-order valence-electron chi connectivity index (χ2n) is 4.15. The molecule has 1 atom stereocenters. The predicted octanol–water partition coefficient (Wildman–Crippen LogP) is 2.81. The van der Waals surface area contributed by atoms with E-state index in [0.29, 0.717) is 18.6 Å². The number of carbonyl (C=O) groups is 1. The number of hydrogen-bond acceptors (Lipinski definition) is 2. The molecule has 3 nitrogen and oxygen atoms in total. The summed E-state index contributed by atoms with van der Waals surface area (Å²) in [6.45, 7) is 4.17. The van der Waals surface area contributed by atoms with Crippen LogP contribution in [0.5, 0.6) is 0 Å². The molecule has 1 aromatic carbocycles. The van der Waals surface area contributed by atoms with Crippen molar-refractivity contribution < 1.29 is 19.0 Å². The van der Waals surface area contributed by atoms with Gasteiger partial charge in [-0.3, -0.25) is 4.79 Å². The van der Waals surface area contributed by atoms with Crippen molar-refractivity contribution in [2.75, 3.05) is 6.61 Å². The highest BCUT2D eigenvalue weighted by Gasteiger charge is 2.19. The zero-order valence-electron chi connectivity index (χ0n) is 10.0. The van der Waals surface area contributed by atoms with E-state index < -0.39 is 11.9 Å². The fourth-order valence-electron chi connectivity index (χ4n) is 1.55. The monoisotopic (exact) mass is 240 g/mol. The summed E-state index contributed by atoms with van der Waals surface area (Å²) in [7, 11) is 0. The Morgan fingerprint density at radius 3 is 2.41 bits per heavy atom. The smallest absolute Gasteiger partial charge is 0.311 e. The molecule has 94 valence electrons. The van der Waals surface area contributed by atoms with Gasteiger partial charge in [-0.05, 0) is 38.0 Å². The highest BCUT2D eigenvalue weighted by atomic mass is 19.1. The maximum atomic E-state index is 12.7. The Labute approximate surface area is 100 Å². The van der Waals surface area contributed by atoms with E-state index in [1.54, 1.807) is 0 Å². The Bertz CT molecular complexity index is 359. The Balaban J connectivity index is 2.66. The number of carboxylic acid groups (broad SMARTS) is 1. The van der Waals surface area contributed by atoms with Gasteiger partial charge in [-0.1, -0.05) is 12.1 Å². The van der Waals surface area contributed by atoms with Crippen LogP contribution in [0.25, 0.3) is 0 Å². The maximum Gasteiger partial charge on any atom is 0.311 e. The molecule has 0 saturated heterocycles. The summed E-state index contributed by atoms with van der Waals surface area (Å²) in [6, 6.07) is 5.55. The summed E-state index contributed by atoms with van der Waals surface area (Å²) in [4.78, 5) is 11.1. The van der Waals surface area contributed by atoms with E-state index in [1.165, 1.54) is 24.3 Å². The fourth-order valence-corrected chi connectivity index (χ4v) is 1.55. The van der Waals surface area contributed by atoms with Crippen LogP contribution in [0.4, 0.5) is 4.39 Å². The molecule has 1 N–H and O–H groups in total. The van der Waals surface area contributed by atoms with Crippen LogP contribution in [0, 0.1) is 5.82 Å². The third-order valence-corrected chi connectivity index (χ3v) is 2.43. The van der Waals surface area contributed by atoms with E-state index in [2.05, 4.69) is 0 Å². The highest BCUT2D eigenvalue weighted by molar-refractivity contribution is 5.76. The third kappa shape index (κ3) is 4.53. The number of carboxylic acids is 1. The predicted molar refractivity (Wildman–Crippen MR) is 62.5 cm³/mol. The van der Waals surface area contributed by atoms with Gasteiger partial charge in [-0.2, -0.15) is 0 Å². The number of rotatable bonds is 6. The van der Waals surface area contributed by atoms with Crippen LogP contribution < -0.4 is 0 Å². The molecule has 0 amide bonds. The van der Waals surface area contributed by atoms with Crippen LogP contribution in [0.1, 0.15) is 31.7 Å². The lowest BCUT2D eigenvalue weighted by Gasteiger charge is -2.14. The topological polar surface area (TPSA) is 46.5 Å². The van der Waals surface area contributed by atoms with Crippen LogP contribution in [-0.4, -0.2) is 23.8 Å². The Morgan fingerprint density at radius 2 is 1.94 bits per heavy atom. The first-order valence-electron chi connectivity index (χ1n) is 5.60. The summed E-state index contributed by atoms with van der Waals surface area (Å²) >= 11 is 0. The number of halogens is 1. The van der Waals surface area contributed by atoms with Gasteiger partial charge in [0.05, 0.1) is 12.0 Å². The highest BCUT2D eigenvalue weighted by Crippen LogP contribution is 2.20. The molecule has 17 heavy (non-hydrogen) atoms. The van der Waals surface area contributed by atoms with Crippen molar-refractivity contribution >= 4 is 5.97 Å². The molecule has 4 heteroatoms. The van der Waals surface area contributed by atoms with E-state index >= 15 is 0 Å². The summed E-state index contributed by atoms with van der Waals surface area (Å²) in [5.74, 6) is -1.92.